The highest BCUT2D eigenvalue weighted by Gasteiger charge is 2.35. The first-order chi connectivity index (χ1) is 12.3. The molecular formula is C20H24N2O3S. The first-order valence-electron chi connectivity index (χ1n) is 8.14. The van der Waals surface area contributed by atoms with Crippen molar-refractivity contribution in [2.75, 3.05) is 0 Å². The summed E-state index contributed by atoms with van der Waals surface area (Å²) in [5.74, 6) is 2.89. The van der Waals surface area contributed by atoms with E-state index < -0.39 is 21.7 Å². The molecule has 138 valence electrons. The van der Waals surface area contributed by atoms with Crippen LogP contribution in [0.2, 0.25) is 0 Å². The van der Waals surface area contributed by atoms with Crippen LogP contribution in [0.4, 0.5) is 0 Å². The number of hydrogen-bond acceptors (Lipinski definition) is 2. The van der Waals surface area contributed by atoms with Crippen molar-refractivity contribution in [1.82, 2.24) is 9.29 Å². The van der Waals surface area contributed by atoms with Crippen molar-refractivity contribution < 1.29 is 14.1 Å². The van der Waals surface area contributed by atoms with Crippen molar-refractivity contribution >= 4 is 33.7 Å². The van der Waals surface area contributed by atoms with Gasteiger partial charge in [-0.05, 0) is 36.9 Å². The second-order valence-corrected chi connectivity index (χ2v) is 7.87. The third kappa shape index (κ3) is 3.52. The molecule has 1 aromatic heterocycles. The van der Waals surface area contributed by atoms with E-state index in [2.05, 4.69) is 23.8 Å². The maximum Gasteiger partial charge on any atom is 0.323 e. The summed E-state index contributed by atoms with van der Waals surface area (Å²) >= 11 is 0. The molecule has 0 bridgehead atoms. The molecule has 2 atom stereocenters. The van der Waals surface area contributed by atoms with Gasteiger partial charge in [0.25, 0.3) is 0 Å². The molecule has 0 spiro atoms. The van der Waals surface area contributed by atoms with Gasteiger partial charge in [0.2, 0.25) is 0 Å². The largest absolute Gasteiger partial charge is 0.480 e. The van der Waals surface area contributed by atoms with Crippen molar-refractivity contribution in [1.29, 1.82) is 0 Å². The van der Waals surface area contributed by atoms with Crippen molar-refractivity contribution in [3.8, 4) is 0 Å². The quantitative estimate of drug-likeness (QED) is 0.750. The van der Waals surface area contributed by atoms with E-state index in [-0.39, 0.29) is 6.54 Å². The predicted molar refractivity (Wildman–Crippen MR) is 110 cm³/mol. The minimum Gasteiger partial charge on any atom is -0.480 e. The van der Waals surface area contributed by atoms with E-state index in [1.54, 1.807) is 29.0 Å². The van der Waals surface area contributed by atoms with E-state index in [1.165, 1.54) is 0 Å². The number of aliphatic carboxylic acids is 1. The molecule has 26 heavy (non-hydrogen) atoms. The van der Waals surface area contributed by atoms with E-state index in [0.29, 0.717) is 4.91 Å². The summed E-state index contributed by atoms with van der Waals surface area (Å²) in [6.07, 6.45) is 12.4. The number of carboxylic acids is 1. The Morgan fingerprint density at radius 3 is 2.62 bits per heavy atom. The molecule has 2 N–H and O–H groups in total. The number of nitrogens with one attached hydrogen (secondary N) is 1. The Kier molecular flexibility index (Phi) is 5.90. The van der Waals surface area contributed by atoms with Crippen LogP contribution in [0, 0.1) is 0 Å². The maximum absolute atomic E-state index is 12.9. The number of rotatable bonds is 6. The number of carboxylic acid groups (broad SMARTS) is 1. The van der Waals surface area contributed by atoms with Crippen LogP contribution in [0.5, 0.6) is 0 Å². The fourth-order valence-corrected chi connectivity index (χ4v) is 4.93. The molecule has 1 fully saturated rings. The molecule has 0 amide bonds. The zero-order valence-corrected chi connectivity index (χ0v) is 15.9. The van der Waals surface area contributed by atoms with Crippen LogP contribution >= 0.6 is 0 Å². The highest BCUT2D eigenvalue weighted by molar-refractivity contribution is 8.02. The van der Waals surface area contributed by atoms with Crippen molar-refractivity contribution in [3.05, 3.63) is 71.0 Å². The number of allylic oxidation sites excluding steroid dienone is 4. The van der Waals surface area contributed by atoms with E-state index in [1.807, 2.05) is 32.1 Å². The number of aromatic nitrogens is 1. The van der Waals surface area contributed by atoms with Gasteiger partial charge in [0, 0.05) is 22.4 Å². The molecule has 1 aliphatic rings. The van der Waals surface area contributed by atoms with Gasteiger partial charge in [-0.15, -0.1) is 0 Å². The van der Waals surface area contributed by atoms with Gasteiger partial charge in [0.15, 0.2) is 0 Å². The van der Waals surface area contributed by atoms with E-state index >= 15 is 0 Å². The van der Waals surface area contributed by atoms with E-state index in [0.717, 1.165) is 22.4 Å². The SMILES string of the molecule is C=C/C=C1\C(=C/C)S(=C)(=O)NC1c1cn(CC(=O)O)c(/C=C\C)c1C=C. The molecule has 2 rings (SSSR count). The Morgan fingerprint density at radius 2 is 2.12 bits per heavy atom. The van der Waals surface area contributed by atoms with Gasteiger partial charge in [-0.2, -0.15) is 0 Å². The lowest BCUT2D eigenvalue weighted by molar-refractivity contribution is -0.137. The van der Waals surface area contributed by atoms with Crippen LogP contribution < -0.4 is 4.72 Å². The average Bonchev–Trinajstić information content (AvgIpc) is 3.02. The highest BCUT2D eigenvalue weighted by atomic mass is 32.2. The monoisotopic (exact) mass is 372 g/mol. The van der Waals surface area contributed by atoms with E-state index in [9.17, 15) is 14.1 Å². The molecule has 2 unspecified atom stereocenters. The molecule has 1 aromatic rings. The third-order valence-electron chi connectivity index (χ3n) is 4.16. The lowest BCUT2D eigenvalue weighted by atomic mass is 9.96. The van der Waals surface area contributed by atoms with Crippen LogP contribution in [0.3, 0.4) is 0 Å². The number of nitrogens with zero attached hydrogens (tertiary/aromatic N) is 1. The summed E-state index contributed by atoms with van der Waals surface area (Å²) in [6.45, 7) is 11.1. The predicted octanol–water partition coefficient (Wildman–Crippen LogP) is 3.54. The minimum absolute atomic E-state index is 0.177. The second kappa shape index (κ2) is 7.76. The lowest BCUT2D eigenvalue weighted by Gasteiger charge is -2.11. The molecule has 0 aliphatic carbocycles. The molecule has 1 saturated heterocycles. The molecule has 1 aliphatic heterocycles. The van der Waals surface area contributed by atoms with Crippen LogP contribution in [-0.4, -0.2) is 25.7 Å². The van der Waals surface area contributed by atoms with E-state index in [4.69, 9.17) is 0 Å². The standard InChI is InChI=1S/C20H24N2O3S/c1-6-10-15-18(9-4)26(5,25)21-20(15)16-12-22(13-19(23)24)17(11-7-2)14(16)8-3/h6-12,20H,1,3,5,13H2,2,4H3,(H,21,25)(H,23,24)/b11-7-,15-10+,18-9+. The normalized spacial score (nSPS) is 26.0. The van der Waals surface area contributed by atoms with Crippen molar-refractivity contribution in [3.63, 3.8) is 0 Å². The molecule has 0 saturated carbocycles. The van der Waals surface area contributed by atoms with Crippen molar-refractivity contribution in [2.45, 2.75) is 26.4 Å². The summed E-state index contributed by atoms with van der Waals surface area (Å²) in [7, 11) is -2.65. The lowest BCUT2D eigenvalue weighted by Crippen LogP contribution is -2.19. The Bertz CT molecular complexity index is 944. The Morgan fingerprint density at radius 1 is 1.42 bits per heavy atom. The maximum atomic E-state index is 12.9. The Labute approximate surface area is 154 Å². The van der Waals surface area contributed by atoms with Gasteiger partial charge < -0.3 is 9.67 Å². The molecule has 0 aromatic carbocycles. The Hall–Kier alpha value is -2.57. The molecule has 2 heterocycles. The smallest absolute Gasteiger partial charge is 0.323 e. The molecule has 0 radical (unpaired) electrons. The van der Waals surface area contributed by atoms with Crippen LogP contribution in [-0.2, 0) is 21.0 Å². The fourth-order valence-electron chi connectivity index (χ4n) is 3.23. The molecule has 5 nitrogen and oxygen atoms in total. The van der Waals surface area contributed by atoms with Gasteiger partial charge in [-0.1, -0.05) is 43.5 Å². The summed E-state index contributed by atoms with van der Waals surface area (Å²) in [4.78, 5) is 11.9. The number of hydrogen-bond donors (Lipinski definition) is 2. The van der Waals surface area contributed by atoms with Gasteiger partial charge in [0.1, 0.15) is 6.54 Å². The summed E-state index contributed by atoms with van der Waals surface area (Å²) in [6, 6.07) is -0.392. The fraction of sp³-hybridized carbons (Fsp3) is 0.200. The van der Waals surface area contributed by atoms with Crippen molar-refractivity contribution in [2.24, 2.45) is 0 Å². The Balaban J connectivity index is 2.74. The van der Waals surface area contributed by atoms with Crippen LogP contribution in [0.1, 0.15) is 36.7 Å². The number of carbonyl (C=O) groups is 1. The molecule has 6 heteroatoms. The zero-order chi connectivity index (χ0) is 19.5. The third-order valence-corrected chi connectivity index (χ3v) is 5.95. The average molecular weight is 372 g/mol. The minimum atomic E-state index is -2.65. The summed E-state index contributed by atoms with van der Waals surface area (Å²) < 4.78 is 17.7. The second-order valence-electron chi connectivity index (χ2n) is 5.85. The van der Waals surface area contributed by atoms with Crippen LogP contribution in [0.15, 0.2) is 54.1 Å². The van der Waals surface area contributed by atoms with Gasteiger partial charge in [0.05, 0.1) is 15.7 Å². The van der Waals surface area contributed by atoms with Gasteiger partial charge >= 0.3 is 5.97 Å². The topological polar surface area (TPSA) is 71.3 Å². The van der Waals surface area contributed by atoms with Gasteiger partial charge in [-0.3, -0.25) is 4.79 Å². The first-order valence-corrected chi connectivity index (χ1v) is 9.87. The highest BCUT2D eigenvalue weighted by Crippen LogP contribution is 2.40. The summed E-state index contributed by atoms with van der Waals surface area (Å²) in [5.41, 5.74) is 3.15. The summed E-state index contributed by atoms with van der Waals surface area (Å²) in [5, 5.41) is 9.22. The van der Waals surface area contributed by atoms with Gasteiger partial charge in [-0.25, -0.2) is 8.93 Å². The van der Waals surface area contributed by atoms with Crippen LogP contribution in [0.25, 0.3) is 12.2 Å². The molecular weight excluding hydrogens is 348 g/mol. The zero-order valence-electron chi connectivity index (χ0n) is 15.1. The first kappa shape index (κ1) is 19.8.